The van der Waals surface area contributed by atoms with Gasteiger partial charge in [0.2, 0.25) is 5.95 Å². The van der Waals surface area contributed by atoms with Gasteiger partial charge in [-0.15, -0.1) is 0 Å². The number of aryl methyl sites for hydroxylation is 2. The molecule has 1 N–H and O–H groups in total. The Balaban J connectivity index is 2.15. The van der Waals surface area contributed by atoms with Crippen LogP contribution in [0, 0.1) is 13.8 Å². The summed E-state index contributed by atoms with van der Waals surface area (Å²) in [6, 6.07) is 0.485. The number of nitrogens with one attached hydrogen (secondary N) is 1. The Hall–Kier alpha value is -1.16. The van der Waals surface area contributed by atoms with Gasteiger partial charge in [-0.1, -0.05) is 26.7 Å². The predicted molar refractivity (Wildman–Crippen MR) is 84.2 cm³/mol. The first-order valence-electron chi connectivity index (χ1n) is 7.90. The smallest absolute Gasteiger partial charge is 0.225 e. The molecule has 0 bridgehead atoms. The Kier molecular flexibility index (Phi) is 5.35. The van der Waals surface area contributed by atoms with Crippen molar-refractivity contribution in [1.82, 2.24) is 15.3 Å². The van der Waals surface area contributed by atoms with Crippen molar-refractivity contribution in [2.45, 2.75) is 66.0 Å². The van der Waals surface area contributed by atoms with E-state index in [2.05, 4.69) is 37.9 Å². The summed E-state index contributed by atoms with van der Waals surface area (Å²) in [5.74, 6) is 0.926. The van der Waals surface area contributed by atoms with Crippen LogP contribution < -0.4 is 10.2 Å². The highest BCUT2D eigenvalue weighted by Crippen LogP contribution is 2.19. The van der Waals surface area contributed by atoms with Gasteiger partial charge in [0.1, 0.15) is 0 Å². The van der Waals surface area contributed by atoms with E-state index < -0.39 is 0 Å². The molecule has 0 unspecified atom stereocenters. The van der Waals surface area contributed by atoms with Gasteiger partial charge in [-0.05, 0) is 26.7 Å². The Bertz CT molecular complexity index is 411. The first kappa shape index (κ1) is 15.2. The minimum Gasteiger partial charge on any atom is -0.341 e. The lowest BCUT2D eigenvalue weighted by atomic mass is 10.1. The van der Waals surface area contributed by atoms with E-state index in [1.165, 1.54) is 31.2 Å². The summed E-state index contributed by atoms with van der Waals surface area (Å²) in [7, 11) is 0. The van der Waals surface area contributed by atoms with E-state index in [4.69, 9.17) is 9.97 Å². The topological polar surface area (TPSA) is 41.1 Å². The fourth-order valence-electron chi connectivity index (χ4n) is 2.70. The average molecular weight is 276 g/mol. The van der Waals surface area contributed by atoms with Crippen molar-refractivity contribution in [3.8, 4) is 0 Å². The van der Waals surface area contributed by atoms with E-state index in [0.29, 0.717) is 6.04 Å². The third kappa shape index (κ3) is 3.92. The highest BCUT2D eigenvalue weighted by atomic mass is 15.2. The summed E-state index contributed by atoms with van der Waals surface area (Å²) in [6.07, 6.45) is 5.20. The minimum atomic E-state index is 0.485. The third-order valence-electron chi connectivity index (χ3n) is 3.98. The van der Waals surface area contributed by atoms with Crippen LogP contribution in [-0.2, 0) is 6.54 Å². The fourth-order valence-corrected chi connectivity index (χ4v) is 2.70. The Morgan fingerprint density at radius 2 is 1.55 bits per heavy atom. The largest absolute Gasteiger partial charge is 0.341 e. The van der Waals surface area contributed by atoms with Gasteiger partial charge < -0.3 is 10.2 Å². The maximum atomic E-state index is 4.75. The predicted octanol–water partition coefficient (Wildman–Crippen LogP) is 2.97. The second-order valence-electron chi connectivity index (χ2n) is 6.11. The highest BCUT2D eigenvalue weighted by Gasteiger charge is 2.15. The maximum Gasteiger partial charge on any atom is 0.225 e. The lowest BCUT2D eigenvalue weighted by Crippen LogP contribution is -2.28. The zero-order valence-electron chi connectivity index (χ0n) is 13.4. The van der Waals surface area contributed by atoms with Gasteiger partial charge in [0, 0.05) is 42.6 Å². The minimum absolute atomic E-state index is 0.485. The van der Waals surface area contributed by atoms with Crippen molar-refractivity contribution in [2.75, 3.05) is 18.0 Å². The molecular formula is C16H28N4. The van der Waals surface area contributed by atoms with Crippen molar-refractivity contribution >= 4 is 5.95 Å². The van der Waals surface area contributed by atoms with Gasteiger partial charge in [-0.2, -0.15) is 0 Å². The summed E-state index contributed by atoms with van der Waals surface area (Å²) < 4.78 is 0. The molecule has 4 heteroatoms. The van der Waals surface area contributed by atoms with Crippen LogP contribution in [0.3, 0.4) is 0 Å². The number of hydrogen-bond acceptors (Lipinski definition) is 4. The number of anilines is 1. The van der Waals surface area contributed by atoms with Crippen LogP contribution in [0.15, 0.2) is 0 Å². The van der Waals surface area contributed by atoms with Crippen LogP contribution in [-0.4, -0.2) is 29.1 Å². The molecule has 2 rings (SSSR count). The quantitative estimate of drug-likeness (QED) is 0.918. The molecule has 0 aromatic carbocycles. The van der Waals surface area contributed by atoms with E-state index >= 15 is 0 Å². The molecule has 1 aliphatic heterocycles. The lowest BCUT2D eigenvalue weighted by Gasteiger charge is -2.22. The van der Waals surface area contributed by atoms with Gasteiger partial charge in [0.25, 0.3) is 0 Å². The van der Waals surface area contributed by atoms with Crippen molar-refractivity contribution in [3.63, 3.8) is 0 Å². The van der Waals surface area contributed by atoms with Gasteiger partial charge in [-0.3, -0.25) is 0 Å². The molecule has 0 radical (unpaired) electrons. The van der Waals surface area contributed by atoms with Crippen LogP contribution in [0.1, 0.15) is 56.5 Å². The average Bonchev–Trinajstić information content (AvgIpc) is 2.66. The summed E-state index contributed by atoms with van der Waals surface area (Å²) in [5, 5.41) is 3.46. The Morgan fingerprint density at radius 3 is 2.05 bits per heavy atom. The molecular weight excluding hydrogens is 248 g/mol. The molecule has 0 aliphatic carbocycles. The van der Waals surface area contributed by atoms with E-state index in [1.54, 1.807) is 0 Å². The molecule has 1 aromatic heterocycles. The highest BCUT2D eigenvalue weighted by molar-refractivity contribution is 5.36. The SMILES string of the molecule is Cc1nc(N2CCCCCC2)nc(C)c1CNC(C)C. The molecule has 1 aliphatic rings. The first-order valence-corrected chi connectivity index (χ1v) is 7.90. The van der Waals surface area contributed by atoms with Gasteiger partial charge in [0.05, 0.1) is 0 Å². The van der Waals surface area contributed by atoms with Crippen LogP contribution >= 0.6 is 0 Å². The number of aromatic nitrogens is 2. The van der Waals surface area contributed by atoms with E-state index in [9.17, 15) is 0 Å². The second-order valence-corrected chi connectivity index (χ2v) is 6.11. The van der Waals surface area contributed by atoms with Crippen LogP contribution in [0.5, 0.6) is 0 Å². The normalized spacial score (nSPS) is 16.6. The van der Waals surface area contributed by atoms with Gasteiger partial charge in [0.15, 0.2) is 0 Å². The summed E-state index contributed by atoms with van der Waals surface area (Å²) in [6.45, 7) is 11.6. The van der Waals surface area contributed by atoms with Crippen molar-refractivity contribution in [1.29, 1.82) is 0 Å². The zero-order chi connectivity index (χ0) is 14.5. The summed E-state index contributed by atoms with van der Waals surface area (Å²) in [4.78, 5) is 11.9. The second kappa shape index (κ2) is 7.02. The number of nitrogens with zero attached hydrogens (tertiary/aromatic N) is 3. The van der Waals surface area contributed by atoms with Gasteiger partial charge in [-0.25, -0.2) is 9.97 Å². The first-order chi connectivity index (χ1) is 9.58. The number of hydrogen-bond donors (Lipinski definition) is 1. The van der Waals surface area contributed by atoms with Crippen LogP contribution in [0.4, 0.5) is 5.95 Å². The molecule has 0 saturated carbocycles. The monoisotopic (exact) mass is 276 g/mol. The van der Waals surface area contributed by atoms with E-state index in [-0.39, 0.29) is 0 Å². The Morgan fingerprint density at radius 1 is 1.00 bits per heavy atom. The van der Waals surface area contributed by atoms with E-state index in [1.807, 2.05) is 0 Å². The molecule has 0 atom stereocenters. The maximum absolute atomic E-state index is 4.75. The fraction of sp³-hybridized carbons (Fsp3) is 0.750. The van der Waals surface area contributed by atoms with Crippen LogP contribution in [0.2, 0.25) is 0 Å². The van der Waals surface area contributed by atoms with Crippen LogP contribution in [0.25, 0.3) is 0 Å². The summed E-state index contributed by atoms with van der Waals surface area (Å²) in [5.41, 5.74) is 3.48. The van der Waals surface area contributed by atoms with Crippen molar-refractivity contribution in [3.05, 3.63) is 17.0 Å². The number of rotatable bonds is 4. The molecule has 1 fully saturated rings. The molecule has 0 amide bonds. The molecule has 1 saturated heterocycles. The standard InChI is InChI=1S/C16H28N4/c1-12(2)17-11-15-13(3)18-16(19-14(15)4)20-9-7-5-6-8-10-20/h12,17H,5-11H2,1-4H3. The van der Waals surface area contributed by atoms with E-state index in [0.717, 1.165) is 37.0 Å². The third-order valence-corrected chi connectivity index (χ3v) is 3.98. The molecule has 0 spiro atoms. The van der Waals surface area contributed by atoms with Crippen molar-refractivity contribution < 1.29 is 0 Å². The molecule has 112 valence electrons. The molecule has 4 nitrogen and oxygen atoms in total. The summed E-state index contributed by atoms with van der Waals surface area (Å²) >= 11 is 0. The van der Waals surface area contributed by atoms with Gasteiger partial charge >= 0.3 is 0 Å². The molecule has 2 heterocycles. The van der Waals surface area contributed by atoms with Crippen molar-refractivity contribution in [2.24, 2.45) is 0 Å². The lowest BCUT2D eigenvalue weighted by molar-refractivity contribution is 0.582. The molecule has 1 aromatic rings. The molecule has 20 heavy (non-hydrogen) atoms. The zero-order valence-corrected chi connectivity index (χ0v) is 13.4. The Labute approximate surface area is 123 Å².